The average Bonchev–Trinajstić information content (AvgIpc) is 2.76. The van der Waals surface area contributed by atoms with Crippen molar-refractivity contribution < 1.29 is 23.9 Å². The third-order valence-corrected chi connectivity index (χ3v) is 4.52. The maximum Gasteiger partial charge on any atom is 0.408 e. The lowest BCUT2D eigenvalue weighted by atomic mass is 10.1. The van der Waals surface area contributed by atoms with Crippen LogP contribution in [0.5, 0.6) is 0 Å². The number of unbranched alkanes of at least 4 members (excludes halogenated alkanes) is 2. The molecule has 9 heteroatoms. The van der Waals surface area contributed by atoms with Crippen LogP contribution in [0, 0.1) is 0 Å². The number of ether oxygens (including phenoxy) is 2. The van der Waals surface area contributed by atoms with Gasteiger partial charge in [0.15, 0.2) is 0 Å². The number of nitrogens with one attached hydrogen (secondary N) is 2. The molecule has 0 aromatic heterocycles. The zero-order chi connectivity index (χ0) is 22.2. The van der Waals surface area contributed by atoms with E-state index in [1.807, 2.05) is 30.3 Å². The number of esters is 1. The maximum atomic E-state index is 12.8. The van der Waals surface area contributed by atoms with E-state index < -0.39 is 30.1 Å². The van der Waals surface area contributed by atoms with Crippen molar-refractivity contribution in [1.29, 1.82) is 0 Å². The van der Waals surface area contributed by atoms with Gasteiger partial charge in [-0.1, -0.05) is 30.3 Å². The monoisotopic (exact) mass is 422 g/mol. The molecule has 0 unspecified atom stereocenters. The first-order valence-electron chi connectivity index (χ1n) is 10.3. The standard InChI is InChI=1S/C21H34N4O5/c1-29-20(27)18(12-6-8-14-23)24-19(26)17(11-5-7-13-22)25-21(28)30-15-16-9-3-2-4-10-16/h2-4,9-10,17-18H,5-8,11-15,22-23H2,1H3,(H,24,26)(H,25,28)/t17-,18-/m0/s1. The van der Waals surface area contributed by atoms with E-state index in [-0.39, 0.29) is 6.61 Å². The second kappa shape index (κ2) is 15.2. The van der Waals surface area contributed by atoms with Gasteiger partial charge in [-0.2, -0.15) is 0 Å². The molecule has 1 aromatic carbocycles. The number of rotatable bonds is 14. The fraction of sp³-hybridized carbons (Fsp3) is 0.571. The van der Waals surface area contributed by atoms with Gasteiger partial charge in [-0.3, -0.25) is 4.79 Å². The molecule has 2 amide bonds. The minimum Gasteiger partial charge on any atom is -0.467 e. The fourth-order valence-corrected chi connectivity index (χ4v) is 2.82. The van der Waals surface area contributed by atoms with Crippen molar-refractivity contribution in [2.45, 2.75) is 57.2 Å². The Morgan fingerprint density at radius 3 is 2.07 bits per heavy atom. The molecule has 0 aliphatic heterocycles. The van der Waals surface area contributed by atoms with Crippen molar-refractivity contribution in [3.63, 3.8) is 0 Å². The van der Waals surface area contributed by atoms with Crippen LogP contribution in [0.3, 0.4) is 0 Å². The Labute approximate surface area is 177 Å². The summed E-state index contributed by atoms with van der Waals surface area (Å²) < 4.78 is 9.99. The van der Waals surface area contributed by atoms with Crippen LogP contribution in [0.1, 0.15) is 44.1 Å². The van der Waals surface area contributed by atoms with E-state index >= 15 is 0 Å². The van der Waals surface area contributed by atoms with E-state index in [1.54, 1.807) is 0 Å². The maximum absolute atomic E-state index is 12.8. The average molecular weight is 423 g/mol. The highest BCUT2D eigenvalue weighted by atomic mass is 16.5. The molecule has 30 heavy (non-hydrogen) atoms. The van der Waals surface area contributed by atoms with E-state index in [1.165, 1.54) is 7.11 Å². The molecule has 0 bridgehead atoms. The molecule has 0 radical (unpaired) electrons. The number of nitrogens with two attached hydrogens (primary N) is 2. The summed E-state index contributed by atoms with van der Waals surface area (Å²) in [7, 11) is 1.27. The molecule has 0 heterocycles. The zero-order valence-electron chi connectivity index (χ0n) is 17.6. The largest absolute Gasteiger partial charge is 0.467 e. The molecule has 1 rings (SSSR count). The number of alkyl carbamates (subject to hydrolysis) is 1. The fourth-order valence-electron chi connectivity index (χ4n) is 2.82. The van der Waals surface area contributed by atoms with Crippen LogP contribution in [0.15, 0.2) is 30.3 Å². The van der Waals surface area contributed by atoms with E-state index in [0.29, 0.717) is 45.2 Å². The molecule has 0 saturated carbocycles. The van der Waals surface area contributed by atoms with Gasteiger partial charge < -0.3 is 31.6 Å². The number of carbonyl (C=O) groups is 3. The van der Waals surface area contributed by atoms with Crippen LogP contribution < -0.4 is 22.1 Å². The van der Waals surface area contributed by atoms with Gasteiger partial charge >= 0.3 is 12.1 Å². The predicted molar refractivity (Wildman–Crippen MR) is 113 cm³/mol. The summed E-state index contributed by atoms with van der Waals surface area (Å²) >= 11 is 0. The van der Waals surface area contributed by atoms with Crippen molar-refractivity contribution in [3.05, 3.63) is 35.9 Å². The van der Waals surface area contributed by atoms with Gasteiger partial charge in [0.2, 0.25) is 5.91 Å². The zero-order valence-corrected chi connectivity index (χ0v) is 17.6. The Morgan fingerprint density at radius 1 is 0.900 bits per heavy atom. The summed E-state index contributed by atoms with van der Waals surface area (Å²) in [5, 5.41) is 5.27. The molecule has 0 saturated heterocycles. The highest BCUT2D eigenvalue weighted by Gasteiger charge is 2.27. The predicted octanol–water partition coefficient (Wildman–Crippen LogP) is 1.20. The first kappa shape index (κ1) is 25.4. The van der Waals surface area contributed by atoms with Crippen molar-refractivity contribution >= 4 is 18.0 Å². The summed E-state index contributed by atoms with van der Waals surface area (Å²) in [6.45, 7) is 1.07. The Bertz CT molecular complexity index is 642. The van der Waals surface area contributed by atoms with Gasteiger partial charge in [0.05, 0.1) is 7.11 Å². The lowest BCUT2D eigenvalue weighted by Crippen LogP contribution is -2.52. The van der Waals surface area contributed by atoms with Crippen molar-refractivity contribution in [1.82, 2.24) is 10.6 Å². The number of amides is 2. The van der Waals surface area contributed by atoms with E-state index in [2.05, 4.69) is 10.6 Å². The third-order valence-electron chi connectivity index (χ3n) is 4.52. The molecule has 0 fully saturated rings. The van der Waals surface area contributed by atoms with Crippen molar-refractivity contribution in [2.24, 2.45) is 11.5 Å². The van der Waals surface area contributed by atoms with Crippen LogP contribution in [-0.2, 0) is 25.7 Å². The molecule has 168 valence electrons. The molecular weight excluding hydrogens is 388 g/mol. The number of hydrogen-bond donors (Lipinski definition) is 4. The van der Waals surface area contributed by atoms with Gasteiger partial charge in [-0.15, -0.1) is 0 Å². The molecular formula is C21H34N4O5. The second-order valence-corrected chi connectivity index (χ2v) is 6.91. The van der Waals surface area contributed by atoms with Crippen LogP contribution in [0.25, 0.3) is 0 Å². The molecule has 0 aliphatic rings. The Morgan fingerprint density at radius 2 is 1.50 bits per heavy atom. The topological polar surface area (TPSA) is 146 Å². The minimum absolute atomic E-state index is 0.0910. The molecule has 0 spiro atoms. The van der Waals surface area contributed by atoms with Gasteiger partial charge in [-0.05, 0) is 57.2 Å². The second-order valence-electron chi connectivity index (χ2n) is 6.91. The number of hydrogen-bond acceptors (Lipinski definition) is 7. The molecule has 2 atom stereocenters. The van der Waals surface area contributed by atoms with Gasteiger partial charge in [0.1, 0.15) is 18.7 Å². The van der Waals surface area contributed by atoms with Gasteiger partial charge in [-0.25, -0.2) is 9.59 Å². The highest BCUT2D eigenvalue weighted by molar-refractivity contribution is 5.89. The van der Waals surface area contributed by atoms with Crippen LogP contribution in [-0.4, -0.2) is 50.3 Å². The highest BCUT2D eigenvalue weighted by Crippen LogP contribution is 2.07. The van der Waals surface area contributed by atoms with E-state index in [4.69, 9.17) is 20.9 Å². The number of carbonyl (C=O) groups excluding carboxylic acids is 3. The van der Waals surface area contributed by atoms with Crippen LogP contribution in [0.4, 0.5) is 4.79 Å². The van der Waals surface area contributed by atoms with E-state index in [0.717, 1.165) is 12.0 Å². The summed E-state index contributed by atoms with van der Waals surface area (Å²) in [6, 6.07) is 7.58. The first-order chi connectivity index (χ1) is 14.5. The molecule has 0 aliphatic carbocycles. The van der Waals surface area contributed by atoms with Crippen molar-refractivity contribution in [3.8, 4) is 0 Å². The molecule has 9 nitrogen and oxygen atoms in total. The molecule has 1 aromatic rings. The lowest BCUT2D eigenvalue weighted by Gasteiger charge is -2.22. The summed E-state index contributed by atoms with van der Waals surface area (Å²) in [6.07, 6.45) is 2.83. The van der Waals surface area contributed by atoms with Crippen LogP contribution in [0.2, 0.25) is 0 Å². The minimum atomic E-state index is -0.846. The Kier molecular flexibility index (Phi) is 12.9. The molecule has 6 N–H and O–H groups in total. The van der Waals surface area contributed by atoms with E-state index in [9.17, 15) is 14.4 Å². The Balaban J connectivity index is 2.69. The number of methoxy groups -OCH3 is 1. The quantitative estimate of drug-likeness (QED) is 0.260. The smallest absolute Gasteiger partial charge is 0.408 e. The summed E-state index contributed by atoms with van der Waals surface area (Å²) in [5.41, 5.74) is 11.9. The Hall–Kier alpha value is -2.65. The lowest BCUT2D eigenvalue weighted by molar-refractivity contribution is -0.145. The normalized spacial score (nSPS) is 12.5. The van der Waals surface area contributed by atoms with Gasteiger partial charge in [0.25, 0.3) is 0 Å². The number of benzene rings is 1. The first-order valence-corrected chi connectivity index (χ1v) is 10.3. The van der Waals surface area contributed by atoms with Crippen molar-refractivity contribution in [2.75, 3.05) is 20.2 Å². The summed E-state index contributed by atoms with van der Waals surface area (Å²) in [4.78, 5) is 37.0. The third kappa shape index (κ3) is 10.2. The summed E-state index contributed by atoms with van der Waals surface area (Å²) in [5.74, 6) is -1.00. The SMILES string of the molecule is COC(=O)[C@H](CCCCN)NC(=O)[C@H](CCCCN)NC(=O)OCc1ccccc1. The van der Waals surface area contributed by atoms with Crippen LogP contribution >= 0.6 is 0 Å². The van der Waals surface area contributed by atoms with Gasteiger partial charge in [0, 0.05) is 0 Å².